The Balaban J connectivity index is 1.97. The first-order valence-electron chi connectivity index (χ1n) is 7.05. The molecule has 1 fully saturated rings. The number of anilines is 1. The van der Waals surface area contributed by atoms with Crippen LogP contribution < -0.4 is 16.0 Å². The lowest BCUT2D eigenvalue weighted by Gasteiger charge is -2.27. The summed E-state index contributed by atoms with van der Waals surface area (Å²) in [6.45, 7) is 3.63. The average Bonchev–Trinajstić information content (AvgIpc) is 2.96. The maximum atomic E-state index is 12.0. The van der Waals surface area contributed by atoms with Crippen molar-refractivity contribution in [2.45, 2.75) is 0 Å². The molecule has 0 saturated carbocycles. The summed E-state index contributed by atoms with van der Waals surface area (Å²) in [5, 5.41) is 2.72. The summed E-state index contributed by atoms with van der Waals surface area (Å²) in [6.07, 6.45) is 3.48. The van der Waals surface area contributed by atoms with Crippen LogP contribution in [0.1, 0.15) is 10.5 Å². The molecule has 0 radical (unpaired) electrons. The predicted octanol–water partition coefficient (Wildman–Crippen LogP) is 0.0169. The molecule has 1 saturated heterocycles. The molecule has 0 atom stereocenters. The van der Waals surface area contributed by atoms with E-state index in [2.05, 4.69) is 36.1 Å². The monoisotopic (exact) mass is 368 g/mol. The number of hydrogen-bond donors (Lipinski definition) is 2. The van der Waals surface area contributed by atoms with Crippen molar-refractivity contribution in [3.05, 3.63) is 22.7 Å². The van der Waals surface area contributed by atoms with Crippen LogP contribution in [0.4, 0.5) is 5.82 Å². The molecule has 2 aromatic rings. The number of amides is 1. The van der Waals surface area contributed by atoms with Gasteiger partial charge in [-0.25, -0.2) is 9.97 Å². The van der Waals surface area contributed by atoms with Gasteiger partial charge in [-0.05, 0) is 15.9 Å². The van der Waals surface area contributed by atoms with Crippen LogP contribution in [0.3, 0.4) is 0 Å². The summed E-state index contributed by atoms with van der Waals surface area (Å²) in [4.78, 5) is 23.1. The Morgan fingerprint density at radius 2 is 2.14 bits per heavy atom. The fourth-order valence-electron chi connectivity index (χ4n) is 2.33. The zero-order valence-corrected chi connectivity index (χ0v) is 13.5. The summed E-state index contributed by atoms with van der Waals surface area (Å²) in [5.74, 6) is 0.508. The molecule has 8 nitrogen and oxygen atoms in total. The number of nitrogens with one attached hydrogen (secondary N) is 1. The zero-order chi connectivity index (χ0) is 15.5. The summed E-state index contributed by atoms with van der Waals surface area (Å²) < 4.78 is 7.86. The lowest BCUT2D eigenvalue weighted by molar-refractivity contribution is 0.0950. The number of nitrogens with two attached hydrogens (primary N) is 1. The number of aromatic nitrogens is 3. The van der Waals surface area contributed by atoms with Crippen molar-refractivity contribution in [3.8, 4) is 0 Å². The van der Waals surface area contributed by atoms with Gasteiger partial charge in [0.2, 0.25) is 0 Å². The van der Waals surface area contributed by atoms with E-state index in [0.29, 0.717) is 42.2 Å². The minimum absolute atomic E-state index is 0.238. The van der Waals surface area contributed by atoms with E-state index in [1.807, 2.05) is 0 Å². The normalized spacial score (nSPS) is 15.3. The van der Waals surface area contributed by atoms with Gasteiger partial charge < -0.3 is 25.1 Å². The van der Waals surface area contributed by atoms with E-state index >= 15 is 0 Å². The molecule has 9 heteroatoms. The van der Waals surface area contributed by atoms with Crippen molar-refractivity contribution in [2.24, 2.45) is 5.73 Å². The van der Waals surface area contributed by atoms with Crippen LogP contribution in [0.15, 0.2) is 17.0 Å². The molecule has 2 aromatic heterocycles. The second kappa shape index (κ2) is 6.59. The average molecular weight is 369 g/mol. The van der Waals surface area contributed by atoms with E-state index in [1.165, 1.54) is 0 Å². The minimum Gasteiger partial charge on any atom is -0.378 e. The third-order valence-electron chi connectivity index (χ3n) is 3.36. The summed E-state index contributed by atoms with van der Waals surface area (Å²) in [7, 11) is 0. The van der Waals surface area contributed by atoms with Gasteiger partial charge in [0.15, 0.2) is 11.5 Å². The SMILES string of the molecule is NCCNC(=O)c1cn2cc(Br)nc(N3CCOCC3)c2n1. The molecule has 3 rings (SSSR count). The molecule has 0 aromatic carbocycles. The van der Waals surface area contributed by atoms with Crippen molar-refractivity contribution in [3.63, 3.8) is 0 Å². The highest BCUT2D eigenvalue weighted by molar-refractivity contribution is 9.10. The third-order valence-corrected chi connectivity index (χ3v) is 3.75. The Morgan fingerprint density at radius 1 is 1.36 bits per heavy atom. The Labute approximate surface area is 135 Å². The number of carbonyl (C=O) groups excluding carboxylic acids is 1. The molecule has 0 aliphatic carbocycles. The second-order valence-electron chi connectivity index (χ2n) is 4.89. The Hall–Kier alpha value is -1.71. The van der Waals surface area contributed by atoms with E-state index in [0.717, 1.165) is 18.9 Å². The predicted molar refractivity (Wildman–Crippen MR) is 85.1 cm³/mol. The first-order valence-corrected chi connectivity index (χ1v) is 7.84. The van der Waals surface area contributed by atoms with Crippen LogP contribution in [0.2, 0.25) is 0 Å². The third kappa shape index (κ3) is 3.06. The molecule has 0 spiro atoms. The fourth-order valence-corrected chi connectivity index (χ4v) is 2.71. The van der Waals surface area contributed by atoms with Gasteiger partial charge in [0.1, 0.15) is 10.3 Å². The van der Waals surface area contributed by atoms with Gasteiger partial charge in [-0.3, -0.25) is 4.79 Å². The summed E-state index contributed by atoms with van der Waals surface area (Å²) in [6, 6.07) is 0. The Bertz CT molecular complexity index is 682. The van der Waals surface area contributed by atoms with Crippen LogP contribution in [0.5, 0.6) is 0 Å². The van der Waals surface area contributed by atoms with Gasteiger partial charge >= 0.3 is 0 Å². The second-order valence-corrected chi connectivity index (χ2v) is 5.70. The molecule has 3 N–H and O–H groups in total. The largest absolute Gasteiger partial charge is 0.378 e. The molecular formula is C13H17BrN6O2. The highest BCUT2D eigenvalue weighted by atomic mass is 79.9. The van der Waals surface area contributed by atoms with Gasteiger partial charge in [-0.1, -0.05) is 0 Å². The number of hydrogen-bond acceptors (Lipinski definition) is 6. The molecular weight excluding hydrogens is 352 g/mol. The van der Waals surface area contributed by atoms with Gasteiger partial charge in [-0.2, -0.15) is 0 Å². The minimum atomic E-state index is -0.238. The maximum Gasteiger partial charge on any atom is 0.271 e. The van der Waals surface area contributed by atoms with Crippen LogP contribution >= 0.6 is 15.9 Å². The van der Waals surface area contributed by atoms with Gasteiger partial charge in [0, 0.05) is 38.6 Å². The van der Waals surface area contributed by atoms with Crippen molar-refractivity contribution in [1.82, 2.24) is 19.7 Å². The van der Waals surface area contributed by atoms with E-state index in [1.54, 1.807) is 16.8 Å². The molecule has 1 amide bonds. The van der Waals surface area contributed by atoms with Crippen LogP contribution in [-0.4, -0.2) is 59.7 Å². The number of ether oxygens (including phenoxy) is 1. The number of nitrogens with zero attached hydrogens (tertiary/aromatic N) is 4. The molecule has 0 bridgehead atoms. The van der Waals surface area contributed by atoms with Crippen LogP contribution in [0.25, 0.3) is 5.65 Å². The van der Waals surface area contributed by atoms with Gasteiger partial charge in [-0.15, -0.1) is 0 Å². The van der Waals surface area contributed by atoms with E-state index in [-0.39, 0.29) is 5.91 Å². The Morgan fingerprint density at radius 3 is 2.86 bits per heavy atom. The quantitative estimate of drug-likeness (QED) is 0.789. The highest BCUT2D eigenvalue weighted by Crippen LogP contribution is 2.23. The lowest BCUT2D eigenvalue weighted by atomic mass is 10.4. The number of carbonyl (C=O) groups is 1. The smallest absolute Gasteiger partial charge is 0.271 e. The number of fused-ring (bicyclic) bond motifs is 1. The number of rotatable bonds is 4. The summed E-state index contributed by atoms with van der Waals surface area (Å²) >= 11 is 3.40. The van der Waals surface area contributed by atoms with Crippen LogP contribution in [-0.2, 0) is 4.74 Å². The Kier molecular flexibility index (Phi) is 4.55. The zero-order valence-electron chi connectivity index (χ0n) is 12.0. The first kappa shape index (κ1) is 15.2. The van der Waals surface area contributed by atoms with E-state index in [4.69, 9.17) is 10.5 Å². The maximum absolute atomic E-state index is 12.0. The van der Waals surface area contributed by atoms with Crippen molar-refractivity contribution in [2.75, 3.05) is 44.3 Å². The summed E-state index contributed by atoms with van der Waals surface area (Å²) in [5.41, 5.74) is 6.40. The number of imidazole rings is 1. The van der Waals surface area contributed by atoms with Crippen LogP contribution in [0, 0.1) is 0 Å². The van der Waals surface area contributed by atoms with E-state index in [9.17, 15) is 4.79 Å². The number of morpholine rings is 1. The van der Waals surface area contributed by atoms with Gasteiger partial charge in [0.25, 0.3) is 5.91 Å². The standard InChI is InChI=1S/C13H17BrN6O2/c14-10-8-20-7-9(13(21)16-2-1-15)17-11(20)12(18-10)19-3-5-22-6-4-19/h7-8H,1-6,15H2,(H,16,21). The molecule has 1 aliphatic heterocycles. The van der Waals surface area contributed by atoms with Gasteiger partial charge in [0.05, 0.1) is 13.2 Å². The fraction of sp³-hybridized carbons (Fsp3) is 0.462. The molecule has 1 aliphatic rings. The molecule has 118 valence electrons. The molecule has 22 heavy (non-hydrogen) atoms. The van der Waals surface area contributed by atoms with Crippen molar-refractivity contribution >= 4 is 33.3 Å². The molecule has 0 unspecified atom stereocenters. The lowest BCUT2D eigenvalue weighted by Crippen LogP contribution is -2.37. The first-order chi connectivity index (χ1) is 10.7. The highest BCUT2D eigenvalue weighted by Gasteiger charge is 2.20. The van der Waals surface area contributed by atoms with Crippen molar-refractivity contribution in [1.29, 1.82) is 0 Å². The topological polar surface area (TPSA) is 97.8 Å². The van der Waals surface area contributed by atoms with E-state index < -0.39 is 0 Å². The molecule has 3 heterocycles. The van der Waals surface area contributed by atoms with Crippen molar-refractivity contribution < 1.29 is 9.53 Å². The number of halogens is 1.